The van der Waals surface area contributed by atoms with Gasteiger partial charge in [0, 0.05) is 29.8 Å². The number of anilines is 2. The molecule has 1 saturated heterocycles. The van der Waals surface area contributed by atoms with Crippen LogP contribution in [0.4, 0.5) is 16.3 Å². The number of carbonyl (C=O) groups is 2. The van der Waals surface area contributed by atoms with Gasteiger partial charge in [0.25, 0.3) is 0 Å². The molecule has 1 fully saturated rings. The van der Waals surface area contributed by atoms with E-state index in [2.05, 4.69) is 21.3 Å². The molecule has 196 valence electrons. The molecule has 1 aromatic heterocycles. The Bertz CT molecular complexity index is 1240. The minimum absolute atomic E-state index is 0.0664. The largest absolute Gasteiger partial charge is 0.493 e. The van der Waals surface area contributed by atoms with Crippen LogP contribution < -0.4 is 35.5 Å². The van der Waals surface area contributed by atoms with Gasteiger partial charge >= 0.3 is 6.03 Å². The first-order valence-electron chi connectivity index (χ1n) is 12.0. The Labute approximate surface area is 215 Å². The van der Waals surface area contributed by atoms with Crippen LogP contribution in [0.1, 0.15) is 26.6 Å². The number of hydrogen-bond acceptors (Lipinski definition) is 7. The van der Waals surface area contributed by atoms with Crippen molar-refractivity contribution in [2.75, 3.05) is 32.0 Å². The van der Waals surface area contributed by atoms with E-state index in [1.54, 1.807) is 22.9 Å². The van der Waals surface area contributed by atoms with Crippen LogP contribution in [0, 0.1) is 5.92 Å². The predicted molar refractivity (Wildman–Crippen MR) is 140 cm³/mol. The molecule has 0 saturated carbocycles. The molecule has 0 bridgehead atoms. The molecule has 4 N–H and O–H groups in total. The summed E-state index contributed by atoms with van der Waals surface area (Å²) in [7, 11) is 4.51. The highest BCUT2D eigenvalue weighted by molar-refractivity contribution is 6.00. The van der Waals surface area contributed by atoms with Gasteiger partial charge in [-0.2, -0.15) is 5.10 Å². The molecule has 1 aliphatic rings. The summed E-state index contributed by atoms with van der Waals surface area (Å²) in [6.07, 6.45) is 0.0721. The molecule has 37 heavy (non-hydrogen) atoms. The van der Waals surface area contributed by atoms with Crippen LogP contribution in [0.5, 0.6) is 17.2 Å². The van der Waals surface area contributed by atoms with Crippen LogP contribution >= 0.6 is 0 Å². The number of amides is 3. The molecule has 2 heterocycles. The number of aromatic nitrogens is 2. The van der Waals surface area contributed by atoms with Gasteiger partial charge in [-0.15, -0.1) is 0 Å². The van der Waals surface area contributed by atoms with Crippen molar-refractivity contribution in [2.24, 2.45) is 5.92 Å². The van der Waals surface area contributed by atoms with E-state index in [1.807, 2.05) is 44.2 Å². The summed E-state index contributed by atoms with van der Waals surface area (Å²) in [5.41, 5.74) is 1.95. The normalized spacial score (nSPS) is 19.1. The van der Waals surface area contributed by atoms with Crippen LogP contribution in [0.2, 0.25) is 0 Å². The van der Waals surface area contributed by atoms with Gasteiger partial charge in [0.1, 0.15) is 5.82 Å². The summed E-state index contributed by atoms with van der Waals surface area (Å²) in [6.45, 7) is 3.94. The van der Waals surface area contributed by atoms with Gasteiger partial charge in [-0.05, 0) is 13.3 Å². The summed E-state index contributed by atoms with van der Waals surface area (Å²) in [5, 5.41) is 16.7. The third-order valence-electron chi connectivity index (χ3n) is 6.29. The van der Waals surface area contributed by atoms with E-state index in [-0.39, 0.29) is 17.9 Å². The van der Waals surface area contributed by atoms with Crippen LogP contribution in [-0.4, -0.2) is 49.1 Å². The molecular formula is C26H32N6O5. The van der Waals surface area contributed by atoms with Crippen LogP contribution in [0.3, 0.4) is 0 Å². The first-order chi connectivity index (χ1) is 17.9. The highest BCUT2D eigenvalue weighted by Gasteiger charge is 2.34. The maximum atomic E-state index is 13.1. The summed E-state index contributed by atoms with van der Waals surface area (Å²) < 4.78 is 17.6. The number of ether oxygens (including phenoxy) is 3. The number of methoxy groups -OCH3 is 3. The average molecular weight is 509 g/mol. The topological polar surface area (TPSA) is 128 Å². The molecule has 3 amide bonds. The zero-order valence-electron chi connectivity index (χ0n) is 21.5. The van der Waals surface area contributed by atoms with Gasteiger partial charge in [-0.25, -0.2) is 9.48 Å². The Morgan fingerprint density at radius 2 is 1.70 bits per heavy atom. The maximum Gasteiger partial charge on any atom is 0.324 e. The standard InChI is InChI=1S/C26H32N6O5/c1-6-18-15(2)27-25(30-24(18)33)32-22(14-19(31-32)16-10-8-7-9-11-16)29-26(34)28-17-12-20(35-3)23(37-5)21(13-17)36-4/h7-15,18,25,27H,6H2,1-5H3,(H,30,33)(H2,28,29,34). The van der Waals surface area contributed by atoms with E-state index in [4.69, 9.17) is 19.3 Å². The number of nitrogens with zero attached hydrogens (tertiary/aromatic N) is 2. The Kier molecular flexibility index (Phi) is 7.83. The van der Waals surface area contributed by atoms with Crippen molar-refractivity contribution >= 4 is 23.4 Å². The Morgan fingerprint density at radius 1 is 1.03 bits per heavy atom. The Hall–Kier alpha value is -4.25. The fraction of sp³-hybridized carbons (Fsp3) is 0.346. The molecule has 0 radical (unpaired) electrons. The third kappa shape index (κ3) is 5.46. The zero-order valence-corrected chi connectivity index (χ0v) is 21.5. The van der Waals surface area contributed by atoms with Crippen LogP contribution in [0.25, 0.3) is 11.3 Å². The minimum atomic E-state index is -0.640. The van der Waals surface area contributed by atoms with Crippen molar-refractivity contribution < 1.29 is 23.8 Å². The number of rotatable bonds is 8. The van der Waals surface area contributed by atoms with Crippen molar-refractivity contribution in [1.82, 2.24) is 20.4 Å². The Balaban J connectivity index is 1.62. The molecule has 1 aliphatic heterocycles. The summed E-state index contributed by atoms with van der Waals surface area (Å²) in [4.78, 5) is 25.8. The number of benzene rings is 2. The molecule has 3 aromatic rings. The molecule has 0 spiro atoms. The monoisotopic (exact) mass is 508 g/mol. The first-order valence-corrected chi connectivity index (χ1v) is 12.0. The number of nitrogens with one attached hydrogen (secondary N) is 4. The van der Waals surface area contributed by atoms with Crippen molar-refractivity contribution in [3.05, 3.63) is 48.5 Å². The summed E-state index contributed by atoms with van der Waals surface area (Å²) in [5.74, 6) is 1.40. The maximum absolute atomic E-state index is 13.1. The quantitative estimate of drug-likeness (QED) is 0.364. The molecule has 3 atom stereocenters. The molecule has 4 rings (SSSR count). The van der Waals surface area contributed by atoms with Gasteiger partial charge in [0.2, 0.25) is 11.7 Å². The fourth-order valence-corrected chi connectivity index (χ4v) is 4.41. The second-order valence-corrected chi connectivity index (χ2v) is 8.60. The fourth-order valence-electron chi connectivity index (χ4n) is 4.41. The van der Waals surface area contributed by atoms with Crippen molar-refractivity contribution in [3.63, 3.8) is 0 Å². The van der Waals surface area contributed by atoms with Crippen molar-refractivity contribution in [2.45, 2.75) is 32.6 Å². The van der Waals surface area contributed by atoms with Gasteiger partial charge in [-0.1, -0.05) is 37.3 Å². The minimum Gasteiger partial charge on any atom is -0.493 e. The number of carbonyl (C=O) groups excluding carboxylic acids is 2. The summed E-state index contributed by atoms with van der Waals surface area (Å²) >= 11 is 0. The van der Waals surface area contributed by atoms with Gasteiger partial charge < -0.3 is 24.8 Å². The lowest BCUT2D eigenvalue weighted by Crippen LogP contribution is -2.57. The molecule has 3 unspecified atom stereocenters. The van der Waals surface area contributed by atoms with Crippen molar-refractivity contribution in [1.29, 1.82) is 0 Å². The van der Waals surface area contributed by atoms with E-state index >= 15 is 0 Å². The highest BCUT2D eigenvalue weighted by atomic mass is 16.5. The number of urea groups is 1. The first kappa shape index (κ1) is 25.8. The Morgan fingerprint density at radius 3 is 2.27 bits per heavy atom. The smallest absolute Gasteiger partial charge is 0.324 e. The van der Waals surface area contributed by atoms with E-state index in [0.29, 0.717) is 40.9 Å². The van der Waals surface area contributed by atoms with Gasteiger partial charge in [-0.3, -0.25) is 15.4 Å². The van der Waals surface area contributed by atoms with Crippen molar-refractivity contribution in [3.8, 4) is 28.5 Å². The van der Waals surface area contributed by atoms with E-state index in [1.165, 1.54) is 21.3 Å². The molecular weight excluding hydrogens is 476 g/mol. The van der Waals surface area contributed by atoms with Gasteiger partial charge in [0.05, 0.1) is 38.6 Å². The van der Waals surface area contributed by atoms with Gasteiger partial charge in [0.15, 0.2) is 17.8 Å². The van der Waals surface area contributed by atoms with E-state index in [9.17, 15) is 9.59 Å². The lowest BCUT2D eigenvalue weighted by Gasteiger charge is -2.35. The zero-order chi connectivity index (χ0) is 26.5. The molecule has 11 heteroatoms. The lowest BCUT2D eigenvalue weighted by molar-refractivity contribution is -0.130. The lowest BCUT2D eigenvalue weighted by atomic mass is 9.95. The van der Waals surface area contributed by atoms with Crippen LogP contribution in [-0.2, 0) is 4.79 Å². The second-order valence-electron chi connectivity index (χ2n) is 8.60. The predicted octanol–water partition coefficient (Wildman–Crippen LogP) is 3.81. The SMILES string of the molecule is CCC1C(=O)NC(n2nc(-c3ccccc3)cc2NC(=O)Nc2cc(OC)c(OC)c(OC)c2)NC1C. The second kappa shape index (κ2) is 11.2. The van der Waals surface area contributed by atoms with E-state index in [0.717, 1.165) is 5.56 Å². The van der Waals surface area contributed by atoms with Crippen LogP contribution in [0.15, 0.2) is 48.5 Å². The highest BCUT2D eigenvalue weighted by Crippen LogP contribution is 2.40. The third-order valence-corrected chi connectivity index (χ3v) is 6.29. The summed E-state index contributed by atoms with van der Waals surface area (Å²) in [6, 6.07) is 14.0. The molecule has 2 aromatic carbocycles. The molecule has 0 aliphatic carbocycles. The average Bonchev–Trinajstić information content (AvgIpc) is 3.31. The number of hydrogen-bond donors (Lipinski definition) is 4. The van der Waals surface area contributed by atoms with E-state index < -0.39 is 12.3 Å². The molecule has 11 nitrogen and oxygen atoms in total.